The summed E-state index contributed by atoms with van der Waals surface area (Å²) in [7, 11) is 0. The second-order valence-corrected chi connectivity index (χ2v) is 8.22. The van der Waals surface area contributed by atoms with Gasteiger partial charge in [-0.25, -0.2) is 0 Å². The maximum atomic E-state index is 5.60. The number of nitrogens with one attached hydrogen (secondary N) is 1. The second-order valence-electron chi connectivity index (χ2n) is 8.22. The summed E-state index contributed by atoms with van der Waals surface area (Å²) >= 11 is 0. The quantitative estimate of drug-likeness (QED) is 0.386. The average molecular weight is 415 g/mol. The molecule has 0 fully saturated rings. The first-order valence-electron chi connectivity index (χ1n) is 10.9. The van der Waals surface area contributed by atoms with Crippen LogP contribution >= 0.6 is 0 Å². The normalized spacial score (nSPS) is 11.3. The molecule has 2 heterocycles. The van der Waals surface area contributed by atoms with E-state index in [1.807, 2.05) is 26.0 Å². The molecule has 31 heavy (non-hydrogen) atoms. The van der Waals surface area contributed by atoms with Crippen LogP contribution in [0.15, 0.2) is 48.5 Å². The molecule has 0 amide bonds. The molecule has 0 aliphatic rings. The zero-order chi connectivity index (χ0) is 22.1. The van der Waals surface area contributed by atoms with Crippen molar-refractivity contribution in [1.82, 2.24) is 14.8 Å². The van der Waals surface area contributed by atoms with Gasteiger partial charge in [0.15, 0.2) is 5.82 Å². The zero-order valence-corrected chi connectivity index (χ0v) is 19.2. The lowest BCUT2D eigenvalue weighted by molar-refractivity contribution is 0.340. The Morgan fingerprint density at radius 1 is 0.871 bits per heavy atom. The number of benzene rings is 2. The van der Waals surface area contributed by atoms with Crippen LogP contribution in [0.25, 0.3) is 16.5 Å². The van der Waals surface area contributed by atoms with Crippen molar-refractivity contribution in [2.75, 3.05) is 11.9 Å². The SMILES string of the molecule is CCOc1ccc(-n2c(C)c3c(C)nnc(Nc4ccc(C(C)C)cc4)c3c2C)cc1. The number of nitrogens with zero attached hydrogens (tertiary/aromatic N) is 3. The monoisotopic (exact) mass is 414 g/mol. The average Bonchev–Trinajstić information content (AvgIpc) is 3.03. The summed E-state index contributed by atoms with van der Waals surface area (Å²) in [6.07, 6.45) is 0. The van der Waals surface area contributed by atoms with Gasteiger partial charge < -0.3 is 14.6 Å². The minimum absolute atomic E-state index is 0.507. The molecule has 2 aromatic carbocycles. The molecule has 0 saturated heterocycles. The Labute approximate surface area is 184 Å². The summed E-state index contributed by atoms with van der Waals surface area (Å²) in [4.78, 5) is 0. The van der Waals surface area contributed by atoms with Gasteiger partial charge in [-0.15, -0.1) is 5.10 Å². The fourth-order valence-electron chi connectivity index (χ4n) is 4.22. The number of rotatable bonds is 6. The summed E-state index contributed by atoms with van der Waals surface area (Å²) < 4.78 is 7.87. The first kappa shape index (κ1) is 20.9. The van der Waals surface area contributed by atoms with E-state index in [1.165, 1.54) is 5.56 Å². The van der Waals surface area contributed by atoms with Crippen LogP contribution < -0.4 is 10.1 Å². The zero-order valence-electron chi connectivity index (χ0n) is 19.2. The third kappa shape index (κ3) is 3.88. The van der Waals surface area contributed by atoms with Crippen LogP contribution in [-0.4, -0.2) is 21.4 Å². The topological polar surface area (TPSA) is 52.0 Å². The van der Waals surface area contributed by atoms with Gasteiger partial charge >= 0.3 is 0 Å². The molecule has 0 unspecified atom stereocenters. The molecule has 0 aliphatic carbocycles. The van der Waals surface area contributed by atoms with Gasteiger partial charge in [0.25, 0.3) is 0 Å². The second kappa shape index (κ2) is 8.42. The third-order valence-corrected chi connectivity index (χ3v) is 5.79. The minimum Gasteiger partial charge on any atom is -0.494 e. The van der Waals surface area contributed by atoms with Gasteiger partial charge in [0, 0.05) is 33.5 Å². The standard InChI is InChI=1S/C26H30N4O/c1-7-31-23-14-12-22(13-15-23)30-18(5)24-17(4)28-29-26(25(24)19(30)6)27-21-10-8-20(9-11-21)16(2)3/h8-16H,7H2,1-6H3,(H,27,29). The molecule has 0 spiro atoms. The van der Waals surface area contributed by atoms with E-state index in [0.29, 0.717) is 12.5 Å². The van der Waals surface area contributed by atoms with Crippen LogP contribution in [0.5, 0.6) is 5.75 Å². The maximum Gasteiger partial charge on any atom is 0.162 e. The Bertz CT molecular complexity index is 1210. The smallest absolute Gasteiger partial charge is 0.162 e. The van der Waals surface area contributed by atoms with E-state index in [9.17, 15) is 0 Å². The van der Waals surface area contributed by atoms with Gasteiger partial charge in [0.05, 0.1) is 12.3 Å². The number of hydrogen-bond acceptors (Lipinski definition) is 4. The predicted molar refractivity (Wildman–Crippen MR) is 128 cm³/mol. The summed E-state index contributed by atoms with van der Waals surface area (Å²) in [5.41, 5.74) is 6.65. The highest BCUT2D eigenvalue weighted by atomic mass is 16.5. The molecule has 2 aromatic heterocycles. The van der Waals surface area contributed by atoms with Crippen molar-refractivity contribution in [3.63, 3.8) is 0 Å². The van der Waals surface area contributed by atoms with E-state index in [-0.39, 0.29) is 0 Å². The Kier molecular flexibility index (Phi) is 5.68. The van der Waals surface area contributed by atoms with Crippen LogP contribution in [0.2, 0.25) is 0 Å². The van der Waals surface area contributed by atoms with Gasteiger partial charge in [-0.3, -0.25) is 0 Å². The molecular weight excluding hydrogens is 384 g/mol. The van der Waals surface area contributed by atoms with Gasteiger partial charge in [0.1, 0.15) is 5.75 Å². The fourth-order valence-corrected chi connectivity index (χ4v) is 4.22. The van der Waals surface area contributed by atoms with Crippen molar-refractivity contribution in [3.05, 3.63) is 71.2 Å². The molecule has 0 bridgehead atoms. The van der Waals surface area contributed by atoms with Crippen LogP contribution in [-0.2, 0) is 0 Å². The van der Waals surface area contributed by atoms with Crippen molar-refractivity contribution in [2.24, 2.45) is 0 Å². The number of aryl methyl sites for hydroxylation is 3. The van der Waals surface area contributed by atoms with Crippen molar-refractivity contribution in [1.29, 1.82) is 0 Å². The molecular formula is C26H30N4O. The highest BCUT2D eigenvalue weighted by Crippen LogP contribution is 2.35. The molecule has 1 N–H and O–H groups in total. The van der Waals surface area contributed by atoms with Crippen LogP contribution in [0.1, 0.15) is 49.3 Å². The summed E-state index contributed by atoms with van der Waals surface area (Å²) in [6, 6.07) is 16.8. The van der Waals surface area contributed by atoms with Crippen molar-refractivity contribution >= 4 is 22.3 Å². The molecule has 0 atom stereocenters. The lowest BCUT2D eigenvalue weighted by atomic mass is 10.0. The van der Waals surface area contributed by atoms with E-state index in [1.54, 1.807) is 0 Å². The highest BCUT2D eigenvalue weighted by Gasteiger charge is 2.19. The minimum atomic E-state index is 0.507. The molecule has 5 heteroatoms. The first-order chi connectivity index (χ1) is 14.9. The Balaban J connectivity index is 1.80. The number of hydrogen-bond donors (Lipinski definition) is 1. The van der Waals surface area contributed by atoms with Gasteiger partial charge in [0.2, 0.25) is 0 Å². The van der Waals surface area contributed by atoms with Gasteiger partial charge in [-0.05, 0) is 75.6 Å². The van der Waals surface area contributed by atoms with E-state index >= 15 is 0 Å². The van der Waals surface area contributed by atoms with E-state index < -0.39 is 0 Å². The molecule has 4 rings (SSSR count). The van der Waals surface area contributed by atoms with Crippen LogP contribution in [0.4, 0.5) is 11.5 Å². The van der Waals surface area contributed by atoms with E-state index in [4.69, 9.17) is 4.74 Å². The van der Waals surface area contributed by atoms with Crippen LogP contribution in [0, 0.1) is 20.8 Å². The summed E-state index contributed by atoms with van der Waals surface area (Å²) in [5, 5.41) is 14.7. The van der Waals surface area contributed by atoms with Crippen molar-refractivity contribution in [3.8, 4) is 11.4 Å². The molecule has 160 valence electrons. The lowest BCUT2D eigenvalue weighted by Gasteiger charge is -2.11. The fraction of sp³-hybridized carbons (Fsp3) is 0.308. The molecule has 0 radical (unpaired) electrons. The van der Waals surface area contributed by atoms with Crippen molar-refractivity contribution in [2.45, 2.75) is 47.5 Å². The lowest BCUT2D eigenvalue weighted by Crippen LogP contribution is -2.00. The molecule has 0 saturated carbocycles. The predicted octanol–water partition coefficient (Wildman–Crippen LogP) is 6.61. The number of fused-ring (bicyclic) bond motifs is 1. The third-order valence-electron chi connectivity index (χ3n) is 5.79. The van der Waals surface area contributed by atoms with Gasteiger partial charge in [-0.2, -0.15) is 5.10 Å². The number of ether oxygens (including phenoxy) is 1. The highest BCUT2D eigenvalue weighted by molar-refractivity contribution is 5.99. The maximum absolute atomic E-state index is 5.60. The molecule has 4 aromatic rings. The van der Waals surface area contributed by atoms with Crippen LogP contribution in [0.3, 0.4) is 0 Å². The summed E-state index contributed by atoms with van der Waals surface area (Å²) in [5.74, 6) is 2.17. The molecule has 0 aliphatic heterocycles. The Morgan fingerprint density at radius 3 is 2.13 bits per heavy atom. The number of anilines is 2. The van der Waals surface area contributed by atoms with E-state index in [0.717, 1.165) is 50.8 Å². The van der Waals surface area contributed by atoms with Crippen molar-refractivity contribution < 1.29 is 4.74 Å². The Hall–Kier alpha value is -3.34. The van der Waals surface area contributed by atoms with Gasteiger partial charge in [-0.1, -0.05) is 26.0 Å². The number of aromatic nitrogens is 3. The van der Waals surface area contributed by atoms with E-state index in [2.05, 4.69) is 84.2 Å². The Morgan fingerprint density at radius 2 is 1.52 bits per heavy atom. The summed E-state index contributed by atoms with van der Waals surface area (Å²) in [6.45, 7) is 13.4. The largest absolute Gasteiger partial charge is 0.494 e. The first-order valence-corrected chi connectivity index (χ1v) is 10.9. The molecule has 5 nitrogen and oxygen atoms in total.